The molecule has 0 aliphatic carbocycles. The number of ether oxygens (including phenoxy) is 1. The average Bonchev–Trinajstić information content (AvgIpc) is 3.03. The van der Waals surface area contributed by atoms with Crippen LogP contribution in [0.1, 0.15) is 23.4 Å². The number of anilines is 1. The number of hydrogen-bond acceptors (Lipinski definition) is 5. The Morgan fingerprint density at radius 1 is 1.23 bits per heavy atom. The van der Waals surface area contributed by atoms with Crippen LogP contribution in [0.15, 0.2) is 30.3 Å². The lowest BCUT2D eigenvalue weighted by atomic mass is 10.0. The van der Waals surface area contributed by atoms with Gasteiger partial charge in [-0.3, -0.25) is 4.72 Å². The van der Waals surface area contributed by atoms with Crippen LogP contribution in [0.2, 0.25) is 0 Å². The van der Waals surface area contributed by atoms with E-state index in [1.165, 1.54) is 4.31 Å². The fourth-order valence-corrected chi connectivity index (χ4v) is 6.38. The number of hydrogen-bond donors (Lipinski definition) is 1. The molecule has 1 aromatic carbocycles. The number of aromatic nitrogens is 1. The fourth-order valence-electron chi connectivity index (χ4n) is 3.81. The van der Waals surface area contributed by atoms with Crippen molar-refractivity contribution in [3.8, 4) is 16.9 Å². The number of halogens is 1. The predicted molar refractivity (Wildman–Crippen MR) is 124 cm³/mol. The largest absolute Gasteiger partial charge is 0.497 e. The van der Waals surface area contributed by atoms with Gasteiger partial charge in [-0.25, -0.2) is 4.98 Å². The van der Waals surface area contributed by atoms with Crippen molar-refractivity contribution in [3.05, 3.63) is 40.9 Å². The molecule has 1 N–H and O–H groups in total. The van der Waals surface area contributed by atoms with Crippen molar-refractivity contribution >= 4 is 49.1 Å². The lowest BCUT2D eigenvalue weighted by Crippen LogP contribution is -2.41. The molecule has 3 aromatic rings. The van der Waals surface area contributed by atoms with E-state index in [1.807, 2.05) is 38.1 Å². The Kier molecular flexibility index (Phi) is 5.94. The number of thiophene rings is 1. The van der Waals surface area contributed by atoms with E-state index < -0.39 is 10.2 Å². The molecule has 0 amide bonds. The molecule has 3 heterocycles. The number of aryl methyl sites for hydroxylation is 2. The highest BCUT2D eigenvalue weighted by atomic mass is 35.5. The number of alkyl halides is 1. The molecule has 0 bridgehead atoms. The first kappa shape index (κ1) is 21.4. The van der Waals surface area contributed by atoms with Crippen molar-refractivity contribution in [1.29, 1.82) is 0 Å². The highest BCUT2D eigenvalue weighted by molar-refractivity contribution is 7.90. The maximum Gasteiger partial charge on any atom is 0.301 e. The van der Waals surface area contributed by atoms with Crippen LogP contribution in [-0.4, -0.2) is 43.3 Å². The Bertz CT molecular complexity index is 1190. The van der Waals surface area contributed by atoms with Gasteiger partial charge in [-0.1, -0.05) is 12.1 Å². The molecule has 4 rings (SSSR count). The quantitative estimate of drug-likeness (QED) is 0.541. The molecule has 0 radical (unpaired) electrons. The van der Waals surface area contributed by atoms with Gasteiger partial charge in [0, 0.05) is 40.0 Å². The van der Waals surface area contributed by atoms with Gasteiger partial charge in [0.15, 0.2) is 0 Å². The van der Waals surface area contributed by atoms with Crippen LogP contribution < -0.4 is 9.46 Å². The van der Waals surface area contributed by atoms with E-state index in [2.05, 4.69) is 9.71 Å². The Morgan fingerprint density at radius 3 is 2.67 bits per heavy atom. The van der Waals surface area contributed by atoms with Crippen LogP contribution in [0, 0.1) is 13.8 Å². The summed E-state index contributed by atoms with van der Waals surface area (Å²) in [5.74, 6) is 0.748. The zero-order valence-electron chi connectivity index (χ0n) is 17.1. The van der Waals surface area contributed by atoms with Gasteiger partial charge in [0.1, 0.15) is 10.6 Å². The Balaban J connectivity index is 1.82. The summed E-state index contributed by atoms with van der Waals surface area (Å²) in [6, 6.07) is 9.57. The number of pyridine rings is 1. The van der Waals surface area contributed by atoms with Crippen molar-refractivity contribution in [1.82, 2.24) is 9.29 Å². The van der Waals surface area contributed by atoms with Crippen LogP contribution >= 0.6 is 22.9 Å². The first-order valence-corrected chi connectivity index (χ1v) is 12.4. The number of methoxy groups -OCH3 is 1. The standard InChI is InChI=1S/C21H24ClN3O3S2/c1-13-11-18(24-30(26,27)25-9-7-16(22)8-10-25)20-19(14(2)29-21(20)23-13)15-5-4-6-17(12-15)28-3/h4-6,11-12,16H,7-10H2,1-3H3,(H,23,24). The highest BCUT2D eigenvalue weighted by Gasteiger charge is 2.28. The Labute approximate surface area is 186 Å². The minimum Gasteiger partial charge on any atom is -0.497 e. The molecule has 0 saturated carbocycles. The molecule has 6 nitrogen and oxygen atoms in total. The summed E-state index contributed by atoms with van der Waals surface area (Å²) in [4.78, 5) is 6.54. The topological polar surface area (TPSA) is 71.5 Å². The highest BCUT2D eigenvalue weighted by Crippen LogP contribution is 2.42. The Hall–Kier alpha value is -1.87. The first-order chi connectivity index (χ1) is 14.3. The summed E-state index contributed by atoms with van der Waals surface area (Å²) in [7, 11) is -2.06. The van der Waals surface area contributed by atoms with Crippen LogP contribution in [0.25, 0.3) is 21.3 Å². The van der Waals surface area contributed by atoms with Crippen molar-refractivity contribution in [2.45, 2.75) is 32.1 Å². The monoisotopic (exact) mass is 465 g/mol. The van der Waals surface area contributed by atoms with Crippen molar-refractivity contribution in [3.63, 3.8) is 0 Å². The lowest BCUT2D eigenvalue weighted by Gasteiger charge is -2.28. The summed E-state index contributed by atoms with van der Waals surface area (Å²) >= 11 is 7.71. The molecule has 2 aromatic heterocycles. The molecule has 1 saturated heterocycles. The summed E-state index contributed by atoms with van der Waals surface area (Å²) in [5, 5.41) is 0.845. The molecular formula is C21H24ClN3O3S2. The molecule has 0 unspecified atom stereocenters. The van der Waals surface area contributed by atoms with Gasteiger partial charge in [-0.05, 0) is 50.5 Å². The normalized spacial score (nSPS) is 16.1. The van der Waals surface area contributed by atoms with Gasteiger partial charge in [0.05, 0.1) is 12.8 Å². The summed E-state index contributed by atoms with van der Waals surface area (Å²) in [6.07, 6.45) is 1.31. The van der Waals surface area contributed by atoms with Crippen molar-refractivity contribution in [2.24, 2.45) is 0 Å². The van der Waals surface area contributed by atoms with E-state index >= 15 is 0 Å². The van der Waals surface area contributed by atoms with Gasteiger partial charge >= 0.3 is 10.2 Å². The maximum atomic E-state index is 13.1. The second kappa shape index (κ2) is 8.34. The zero-order valence-corrected chi connectivity index (χ0v) is 19.5. The van der Waals surface area contributed by atoms with Crippen LogP contribution in [0.4, 0.5) is 5.69 Å². The minimum atomic E-state index is -3.69. The van der Waals surface area contributed by atoms with E-state index in [9.17, 15) is 8.42 Å². The average molecular weight is 466 g/mol. The third-order valence-electron chi connectivity index (χ3n) is 5.29. The van der Waals surface area contributed by atoms with Gasteiger partial charge in [-0.15, -0.1) is 22.9 Å². The van der Waals surface area contributed by atoms with Crippen LogP contribution in [-0.2, 0) is 10.2 Å². The lowest BCUT2D eigenvalue weighted by molar-refractivity contribution is 0.352. The van der Waals surface area contributed by atoms with E-state index in [-0.39, 0.29) is 5.38 Å². The fraction of sp³-hybridized carbons (Fsp3) is 0.381. The van der Waals surface area contributed by atoms with E-state index in [0.29, 0.717) is 31.6 Å². The zero-order chi connectivity index (χ0) is 21.5. The molecule has 1 aliphatic heterocycles. The molecule has 160 valence electrons. The molecular weight excluding hydrogens is 442 g/mol. The second-order valence-corrected chi connectivity index (χ2v) is 10.9. The van der Waals surface area contributed by atoms with E-state index in [1.54, 1.807) is 24.5 Å². The third kappa shape index (κ3) is 4.14. The summed E-state index contributed by atoms with van der Waals surface area (Å²) in [6.45, 7) is 4.74. The predicted octanol–water partition coefficient (Wildman–Crippen LogP) is 4.95. The van der Waals surface area contributed by atoms with Crippen LogP contribution in [0.3, 0.4) is 0 Å². The minimum absolute atomic E-state index is 0.0329. The molecule has 1 fully saturated rings. The van der Waals surface area contributed by atoms with E-state index in [4.69, 9.17) is 16.3 Å². The summed E-state index contributed by atoms with van der Waals surface area (Å²) < 4.78 is 35.9. The number of piperidine rings is 1. The smallest absolute Gasteiger partial charge is 0.301 e. The maximum absolute atomic E-state index is 13.1. The third-order valence-corrected chi connectivity index (χ3v) is 8.25. The van der Waals surface area contributed by atoms with Gasteiger partial charge in [0.25, 0.3) is 0 Å². The van der Waals surface area contributed by atoms with Crippen molar-refractivity contribution in [2.75, 3.05) is 24.9 Å². The number of nitrogens with one attached hydrogen (secondary N) is 1. The van der Waals surface area contributed by atoms with Gasteiger partial charge < -0.3 is 4.74 Å². The number of nitrogens with zero attached hydrogens (tertiary/aromatic N) is 2. The Morgan fingerprint density at radius 2 is 1.97 bits per heavy atom. The van der Waals surface area contributed by atoms with E-state index in [0.717, 1.165) is 37.7 Å². The molecule has 30 heavy (non-hydrogen) atoms. The van der Waals surface area contributed by atoms with Gasteiger partial charge in [-0.2, -0.15) is 12.7 Å². The first-order valence-electron chi connectivity index (χ1n) is 9.75. The number of fused-ring (bicyclic) bond motifs is 1. The molecule has 0 spiro atoms. The number of rotatable bonds is 5. The SMILES string of the molecule is COc1cccc(-c2c(C)sc3nc(C)cc(NS(=O)(=O)N4CCC(Cl)CC4)c23)c1. The van der Waals surface area contributed by atoms with Crippen molar-refractivity contribution < 1.29 is 13.2 Å². The molecule has 0 atom stereocenters. The summed E-state index contributed by atoms with van der Waals surface area (Å²) in [5.41, 5.74) is 3.25. The van der Waals surface area contributed by atoms with Crippen LogP contribution in [0.5, 0.6) is 5.75 Å². The molecule has 9 heteroatoms. The second-order valence-electron chi connectivity index (χ2n) is 7.44. The van der Waals surface area contributed by atoms with Gasteiger partial charge in [0.2, 0.25) is 0 Å². The molecule has 1 aliphatic rings. The number of benzene rings is 1.